The zero-order valence-corrected chi connectivity index (χ0v) is 9.85. The molecule has 0 aliphatic heterocycles. The van der Waals surface area contributed by atoms with Crippen molar-refractivity contribution in [1.29, 1.82) is 0 Å². The molecule has 0 bridgehead atoms. The van der Waals surface area contributed by atoms with Crippen molar-refractivity contribution in [2.75, 3.05) is 18.0 Å². The molecule has 0 saturated carbocycles. The molecule has 0 aliphatic carbocycles. The SMILES string of the molecule is C#CCN(CC)c1ccc([C@H](O)CC)nc1. The number of rotatable bonds is 5. The van der Waals surface area contributed by atoms with E-state index in [4.69, 9.17) is 6.42 Å². The van der Waals surface area contributed by atoms with Crippen LogP contribution in [0.5, 0.6) is 0 Å². The van der Waals surface area contributed by atoms with Gasteiger partial charge >= 0.3 is 0 Å². The molecule has 0 aliphatic rings. The number of hydrogen-bond acceptors (Lipinski definition) is 3. The monoisotopic (exact) mass is 218 g/mol. The van der Waals surface area contributed by atoms with Crippen molar-refractivity contribution in [3.63, 3.8) is 0 Å². The smallest absolute Gasteiger partial charge is 0.0957 e. The van der Waals surface area contributed by atoms with Gasteiger partial charge in [0.15, 0.2) is 0 Å². The van der Waals surface area contributed by atoms with Gasteiger partial charge in [-0.1, -0.05) is 12.8 Å². The second-order valence-electron chi connectivity index (χ2n) is 3.58. The van der Waals surface area contributed by atoms with Crippen molar-refractivity contribution < 1.29 is 5.11 Å². The van der Waals surface area contributed by atoms with Gasteiger partial charge in [-0.15, -0.1) is 6.42 Å². The number of anilines is 1. The van der Waals surface area contributed by atoms with E-state index in [9.17, 15) is 5.11 Å². The minimum Gasteiger partial charge on any atom is -0.387 e. The van der Waals surface area contributed by atoms with E-state index in [-0.39, 0.29) is 0 Å². The fourth-order valence-corrected chi connectivity index (χ4v) is 1.49. The van der Waals surface area contributed by atoms with Crippen LogP contribution in [0.25, 0.3) is 0 Å². The molecule has 0 unspecified atom stereocenters. The Balaban J connectivity index is 2.81. The normalized spacial score (nSPS) is 11.9. The maximum atomic E-state index is 9.61. The summed E-state index contributed by atoms with van der Waals surface area (Å²) in [4.78, 5) is 6.29. The van der Waals surface area contributed by atoms with Crippen LogP contribution in [0.15, 0.2) is 18.3 Å². The first-order valence-corrected chi connectivity index (χ1v) is 5.55. The number of aliphatic hydroxyl groups is 1. The van der Waals surface area contributed by atoms with Gasteiger partial charge in [0.1, 0.15) is 0 Å². The first kappa shape index (κ1) is 12.5. The first-order chi connectivity index (χ1) is 7.72. The Bertz CT molecular complexity index is 353. The zero-order chi connectivity index (χ0) is 12.0. The van der Waals surface area contributed by atoms with Crippen molar-refractivity contribution in [3.05, 3.63) is 24.0 Å². The Hall–Kier alpha value is -1.53. The topological polar surface area (TPSA) is 36.4 Å². The fourth-order valence-electron chi connectivity index (χ4n) is 1.49. The lowest BCUT2D eigenvalue weighted by molar-refractivity contribution is 0.169. The van der Waals surface area contributed by atoms with E-state index in [1.165, 1.54) is 0 Å². The van der Waals surface area contributed by atoms with Crippen molar-refractivity contribution in [2.45, 2.75) is 26.4 Å². The third-order valence-electron chi connectivity index (χ3n) is 2.53. The highest BCUT2D eigenvalue weighted by atomic mass is 16.3. The van der Waals surface area contributed by atoms with Crippen LogP contribution in [0.2, 0.25) is 0 Å². The maximum Gasteiger partial charge on any atom is 0.0957 e. The highest BCUT2D eigenvalue weighted by Crippen LogP contribution is 2.17. The average molecular weight is 218 g/mol. The minimum absolute atomic E-state index is 0.475. The highest BCUT2D eigenvalue weighted by Gasteiger charge is 2.07. The van der Waals surface area contributed by atoms with Gasteiger partial charge in [0.05, 0.1) is 30.2 Å². The van der Waals surface area contributed by atoms with Gasteiger partial charge in [-0.05, 0) is 25.5 Å². The Morgan fingerprint density at radius 3 is 2.69 bits per heavy atom. The molecule has 3 heteroatoms. The fraction of sp³-hybridized carbons (Fsp3) is 0.462. The molecule has 1 atom stereocenters. The molecule has 0 spiro atoms. The Kier molecular flexibility index (Phi) is 4.81. The summed E-state index contributed by atoms with van der Waals surface area (Å²) in [6.45, 7) is 5.40. The lowest BCUT2D eigenvalue weighted by Crippen LogP contribution is -2.23. The predicted octanol–water partition coefficient (Wildman–Crippen LogP) is 1.98. The van der Waals surface area contributed by atoms with Crippen molar-refractivity contribution in [3.8, 4) is 12.3 Å². The van der Waals surface area contributed by atoms with E-state index in [1.807, 2.05) is 26.0 Å². The third-order valence-corrected chi connectivity index (χ3v) is 2.53. The minimum atomic E-state index is -0.475. The van der Waals surface area contributed by atoms with E-state index in [2.05, 4.69) is 15.8 Å². The molecule has 86 valence electrons. The van der Waals surface area contributed by atoms with Gasteiger partial charge in [0.2, 0.25) is 0 Å². The van der Waals surface area contributed by atoms with E-state index < -0.39 is 6.10 Å². The van der Waals surface area contributed by atoms with Crippen LogP contribution in [0.1, 0.15) is 32.1 Å². The van der Waals surface area contributed by atoms with Crippen LogP contribution >= 0.6 is 0 Å². The average Bonchev–Trinajstić information content (AvgIpc) is 2.35. The van der Waals surface area contributed by atoms with Crippen LogP contribution in [-0.2, 0) is 0 Å². The molecule has 1 rings (SSSR count). The Morgan fingerprint density at radius 1 is 1.50 bits per heavy atom. The summed E-state index contributed by atoms with van der Waals surface area (Å²) in [7, 11) is 0. The number of pyridine rings is 1. The molecule has 0 amide bonds. The standard InChI is InChI=1S/C13H18N2O/c1-4-9-15(6-3)11-7-8-12(14-10-11)13(16)5-2/h1,7-8,10,13,16H,5-6,9H2,2-3H3/t13-/m1/s1. The van der Waals surface area contributed by atoms with Crippen LogP contribution in [0.4, 0.5) is 5.69 Å². The first-order valence-electron chi connectivity index (χ1n) is 5.55. The summed E-state index contributed by atoms with van der Waals surface area (Å²) in [5.74, 6) is 2.61. The second-order valence-corrected chi connectivity index (χ2v) is 3.58. The van der Waals surface area contributed by atoms with Gasteiger partial charge in [-0.3, -0.25) is 4.98 Å². The van der Waals surface area contributed by atoms with Gasteiger partial charge in [0, 0.05) is 6.54 Å². The maximum absolute atomic E-state index is 9.61. The molecule has 0 saturated heterocycles. The molecule has 1 heterocycles. The van der Waals surface area contributed by atoms with Crippen LogP contribution < -0.4 is 4.90 Å². The summed E-state index contributed by atoms with van der Waals surface area (Å²) in [5, 5.41) is 9.61. The molecule has 1 aromatic heterocycles. The molecular formula is C13H18N2O. The lowest BCUT2D eigenvalue weighted by Gasteiger charge is -2.20. The van der Waals surface area contributed by atoms with Gasteiger partial charge in [-0.25, -0.2) is 0 Å². The Labute approximate surface area is 97.1 Å². The van der Waals surface area contributed by atoms with Crippen molar-refractivity contribution in [1.82, 2.24) is 4.98 Å². The van der Waals surface area contributed by atoms with Crippen LogP contribution in [0, 0.1) is 12.3 Å². The van der Waals surface area contributed by atoms with Crippen LogP contribution in [-0.4, -0.2) is 23.2 Å². The van der Waals surface area contributed by atoms with E-state index in [0.29, 0.717) is 18.7 Å². The second kappa shape index (κ2) is 6.14. The van der Waals surface area contributed by atoms with Crippen molar-refractivity contribution in [2.24, 2.45) is 0 Å². The zero-order valence-electron chi connectivity index (χ0n) is 9.85. The Morgan fingerprint density at radius 2 is 2.25 bits per heavy atom. The summed E-state index contributed by atoms with van der Waals surface area (Å²) in [6.07, 6.45) is 7.25. The molecule has 16 heavy (non-hydrogen) atoms. The van der Waals surface area contributed by atoms with Crippen LogP contribution in [0.3, 0.4) is 0 Å². The number of terminal acetylenes is 1. The summed E-state index contributed by atoms with van der Waals surface area (Å²) in [5.41, 5.74) is 1.70. The molecular weight excluding hydrogens is 200 g/mol. The van der Waals surface area contributed by atoms with Gasteiger partial charge in [0.25, 0.3) is 0 Å². The number of nitrogens with zero attached hydrogens (tertiary/aromatic N) is 2. The summed E-state index contributed by atoms with van der Waals surface area (Å²) in [6, 6.07) is 3.80. The lowest BCUT2D eigenvalue weighted by atomic mass is 10.2. The highest BCUT2D eigenvalue weighted by molar-refractivity contribution is 5.45. The van der Waals surface area contributed by atoms with E-state index >= 15 is 0 Å². The molecule has 3 nitrogen and oxygen atoms in total. The van der Waals surface area contributed by atoms with Gasteiger partial charge in [-0.2, -0.15) is 0 Å². The molecule has 0 fully saturated rings. The quantitative estimate of drug-likeness (QED) is 0.768. The summed E-state index contributed by atoms with van der Waals surface area (Å²) < 4.78 is 0. The largest absolute Gasteiger partial charge is 0.387 e. The van der Waals surface area contributed by atoms with E-state index in [0.717, 1.165) is 12.2 Å². The van der Waals surface area contributed by atoms with Crippen molar-refractivity contribution >= 4 is 5.69 Å². The molecule has 1 aromatic rings. The molecule has 0 radical (unpaired) electrons. The van der Waals surface area contributed by atoms with Gasteiger partial charge < -0.3 is 10.0 Å². The number of aliphatic hydroxyl groups excluding tert-OH is 1. The molecule has 0 aromatic carbocycles. The third kappa shape index (κ3) is 2.98. The number of aromatic nitrogens is 1. The van der Waals surface area contributed by atoms with E-state index in [1.54, 1.807) is 6.20 Å². The summed E-state index contributed by atoms with van der Waals surface area (Å²) >= 11 is 0. The predicted molar refractivity (Wildman–Crippen MR) is 66.2 cm³/mol. The number of hydrogen-bond donors (Lipinski definition) is 1. The molecule has 1 N–H and O–H groups in total.